The molecule has 0 aliphatic heterocycles. The van der Waals surface area contributed by atoms with Gasteiger partial charge in [0.15, 0.2) is 5.11 Å². The Labute approximate surface area is 163 Å². The summed E-state index contributed by atoms with van der Waals surface area (Å²) in [5, 5.41) is 7.07. The Morgan fingerprint density at radius 3 is 2.48 bits per heavy atom. The standard InChI is InChI=1S/C22H20N4S/c1-14-7-8-15(2)20(13-14)26-22(27)23-17-11-9-16(10-12-17)21-24-18-5-3-4-6-19(18)25-21/h3-13H,1-2H3,(H,24,25)(H2,23,26,27). The molecule has 4 rings (SSSR count). The van der Waals surface area contributed by atoms with Gasteiger partial charge in [0.1, 0.15) is 5.82 Å². The van der Waals surface area contributed by atoms with Gasteiger partial charge in [-0.15, -0.1) is 0 Å². The number of nitrogens with zero attached hydrogens (tertiary/aromatic N) is 1. The number of para-hydroxylation sites is 2. The van der Waals surface area contributed by atoms with Crippen LogP contribution in [0, 0.1) is 13.8 Å². The summed E-state index contributed by atoms with van der Waals surface area (Å²) in [6, 6.07) is 22.3. The van der Waals surface area contributed by atoms with Crippen molar-refractivity contribution in [3.8, 4) is 11.4 Å². The van der Waals surface area contributed by atoms with E-state index in [4.69, 9.17) is 12.2 Å². The number of imidazole rings is 1. The van der Waals surface area contributed by atoms with Gasteiger partial charge in [0, 0.05) is 16.9 Å². The van der Waals surface area contributed by atoms with Crippen LogP contribution in [0.5, 0.6) is 0 Å². The van der Waals surface area contributed by atoms with Gasteiger partial charge in [-0.2, -0.15) is 0 Å². The van der Waals surface area contributed by atoms with Crippen molar-refractivity contribution in [1.82, 2.24) is 9.97 Å². The van der Waals surface area contributed by atoms with Crippen LogP contribution in [0.4, 0.5) is 11.4 Å². The Morgan fingerprint density at radius 1 is 0.926 bits per heavy atom. The molecule has 1 aromatic heterocycles. The maximum Gasteiger partial charge on any atom is 0.175 e. The first-order valence-electron chi connectivity index (χ1n) is 8.79. The van der Waals surface area contributed by atoms with Crippen LogP contribution < -0.4 is 10.6 Å². The number of anilines is 2. The third-order valence-electron chi connectivity index (χ3n) is 4.45. The molecular weight excluding hydrogens is 352 g/mol. The molecule has 0 amide bonds. The summed E-state index contributed by atoms with van der Waals surface area (Å²) >= 11 is 5.45. The van der Waals surface area contributed by atoms with Gasteiger partial charge in [-0.25, -0.2) is 4.98 Å². The van der Waals surface area contributed by atoms with E-state index in [0.717, 1.165) is 39.4 Å². The normalized spacial score (nSPS) is 10.7. The highest BCUT2D eigenvalue weighted by molar-refractivity contribution is 7.80. The molecule has 4 nitrogen and oxygen atoms in total. The van der Waals surface area contributed by atoms with E-state index >= 15 is 0 Å². The summed E-state index contributed by atoms with van der Waals surface area (Å²) in [7, 11) is 0. The minimum atomic E-state index is 0.570. The van der Waals surface area contributed by atoms with Gasteiger partial charge in [0.25, 0.3) is 0 Å². The van der Waals surface area contributed by atoms with Crippen molar-refractivity contribution >= 4 is 39.7 Å². The molecule has 0 saturated heterocycles. The summed E-state index contributed by atoms with van der Waals surface area (Å²) in [4.78, 5) is 7.98. The van der Waals surface area contributed by atoms with E-state index in [1.165, 1.54) is 5.56 Å². The van der Waals surface area contributed by atoms with Gasteiger partial charge >= 0.3 is 0 Å². The highest BCUT2D eigenvalue weighted by Crippen LogP contribution is 2.22. The molecule has 0 fully saturated rings. The zero-order valence-electron chi connectivity index (χ0n) is 15.2. The molecule has 0 bridgehead atoms. The van der Waals surface area contributed by atoms with E-state index in [9.17, 15) is 0 Å². The van der Waals surface area contributed by atoms with Crippen LogP contribution in [0.1, 0.15) is 11.1 Å². The average Bonchev–Trinajstić information content (AvgIpc) is 3.09. The minimum absolute atomic E-state index is 0.570. The first-order chi connectivity index (χ1) is 13.1. The minimum Gasteiger partial charge on any atom is -0.338 e. The SMILES string of the molecule is Cc1ccc(C)c(NC(=S)Nc2ccc(-c3nc4ccccc4[nH]3)cc2)c1. The molecule has 5 heteroatoms. The van der Waals surface area contributed by atoms with Crippen LogP contribution in [0.2, 0.25) is 0 Å². The first kappa shape index (κ1) is 17.2. The summed E-state index contributed by atoms with van der Waals surface area (Å²) in [6.45, 7) is 4.13. The second-order valence-electron chi connectivity index (χ2n) is 6.58. The van der Waals surface area contributed by atoms with Crippen molar-refractivity contribution in [2.24, 2.45) is 0 Å². The number of hydrogen-bond donors (Lipinski definition) is 3. The molecule has 3 N–H and O–H groups in total. The summed E-state index contributed by atoms with van der Waals surface area (Å²) < 4.78 is 0. The van der Waals surface area contributed by atoms with Gasteiger partial charge in [-0.1, -0.05) is 24.3 Å². The van der Waals surface area contributed by atoms with Crippen molar-refractivity contribution in [2.45, 2.75) is 13.8 Å². The lowest BCUT2D eigenvalue weighted by Crippen LogP contribution is -2.19. The van der Waals surface area contributed by atoms with Gasteiger partial charge < -0.3 is 15.6 Å². The lowest BCUT2D eigenvalue weighted by Gasteiger charge is -2.13. The Morgan fingerprint density at radius 2 is 1.70 bits per heavy atom. The molecule has 134 valence electrons. The van der Waals surface area contributed by atoms with Gasteiger partial charge in [0.05, 0.1) is 11.0 Å². The average molecular weight is 372 g/mol. The number of aromatic nitrogens is 2. The third kappa shape index (κ3) is 3.83. The highest BCUT2D eigenvalue weighted by atomic mass is 32.1. The molecule has 3 aromatic carbocycles. The van der Waals surface area contributed by atoms with Gasteiger partial charge in [-0.3, -0.25) is 0 Å². The Kier molecular flexibility index (Phi) is 4.60. The fourth-order valence-corrected chi connectivity index (χ4v) is 3.18. The van der Waals surface area contributed by atoms with Gasteiger partial charge in [-0.05, 0) is 79.7 Å². The zero-order chi connectivity index (χ0) is 18.8. The van der Waals surface area contributed by atoms with Crippen molar-refractivity contribution < 1.29 is 0 Å². The van der Waals surface area contributed by atoms with Crippen LogP contribution >= 0.6 is 12.2 Å². The molecule has 0 aliphatic carbocycles. The molecule has 4 aromatic rings. The smallest absolute Gasteiger partial charge is 0.175 e. The highest BCUT2D eigenvalue weighted by Gasteiger charge is 2.06. The van der Waals surface area contributed by atoms with Crippen molar-refractivity contribution in [3.05, 3.63) is 77.9 Å². The molecule has 0 spiro atoms. The lowest BCUT2D eigenvalue weighted by molar-refractivity contribution is 1.34. The quantitative estimate of drug-likeness (QED) is 0.406. The Bertz CT molecular complexity index is 1080. The maximum atomic E-state index is 5.45. The maximum absolute atomic E-state index is 5.45. The molecule has 0 aliphatic rings. The van der Waals surface area contributed by atoms with Gasteiger partial charge in [0.2, 0.25) is 0 Å². The number of fused-ring (bicyclic) bond motifs is 1. The third-order valence-corrected chi connectivity index (χ3v) is 4.65. The lowest BCUT2D eigenvalue weighted by atomic mass is 10.1. The number of aryl methyl sites for hydroxylation is 2. The fraction of sp³-hybridized carbons (Fsp3) is 0.0909. The predicted octanol–water partition coefficient (Wildman–Crippen LogP) is 5.66. The second kappa shape index (κ2) is 7.21. The number of H-pyrrole nitrogens is 1. The largest absolute Gasteiger partial charge is 0.338 e. The molecule has 0 saturated carbocycles. The van der Waals surface area contributed by atoms with Crippen molar-refractivity contribution in [2.75, 3.05) is 10.6 Å². The number of rotatable bonds is 3. The number of thiocarbonyl (C=S) groups is 1. The zero-order valence-corrected chi connectivity index (χ0v) is 16.0. The first-order valence-corrected chi connectivity index (χ1v) is 9.20. The van der Waals surface area contributed by atoms with E-state index in [-0.39, 0.29) is 0 Å². The van der Waals surface area contributed by atoms with Crippen molar-refractivity contribution in [1.29, 1.82) is 0 Å². The molecule has 0 radical (unpaired) electrons. The molecule has 0 atom stereocenters. The van der Waals surface area contributed by atoms with E-state index in [0.29, 0.717) is 5.11 Å². The number of aromatic amines is 1. The summed E-state index contributed by atoms with van der Waals surface area (Å²) in [6.07, 6.45) is 0. The van der Waals surface area contributed by atoms with E-state index in [2.05, 4.69) is 52.6 Å². The van der Waals surface area contributed by atoms with Crippen molar-refractivity contribution in [3.63, 3.8) is 0 Å². The molecular formula is C22H20N4S. The monoisotopic (exact) mass is 372 g/mol. The fourth-order valence-electron chi connectivity index (χ4n) is 2.96. The number of hydrogen-bond acceptors (Lipinski definition) is 2. The van der Waals surface area contributed by atoms with E-state index in [1.807, 2.05) is 48.5 Å². The summed E-state index contributed by atoms with van der Waals surface area (Å²) in [5.41, 5.74) is 7.34. The summed E-state index contributed by atoms with van der Waals surface area (Å²) in [5.74, 6) is 0.860. The topological polar surface area (TPSA) is 52.7 Å². The van der Waals surface area contributed by atoms with Crippen LogP contribution in [0.15, 0.2) is 66.7 Å². The van der Waals surface area contributed by atoms with Crippen LogP contribution in [-0.2, 0) is 0 Å². The van der Waals surface area contributed by atoms with E-state index in [1.54, 1.807) is 0 Å². The van der Waals surface area contributed by atoms with Crippen LogP contribution in [0.3, 0.4) is 0 Å². The Balaban J connectivity index is 1.47. The van der Waals surface area contributed by atoms with Crippen LogP contribution in [-0.4, -0.2) is 15.1 Å². The second-order valence-corrected chi connectivity index (χ2v) is 6.99. The van der Waals surface area contributed by atoms with E-state index < -0.39 is 0 Å². The molecule has 1 heterocycles. The number of benzene rings is 3. The molecule has 27 heavy (non-hydrogen) atoms. The Hall–Kier alpha value is -3.18. The predicted molar refractivity (Wildman–Crippen MR) is 117 cm³/mol. The number of nitrogens with one attached hydrogen (secondary N) is 3. The molecule has 0 unspecified atom stereocenters. The van der Waals surface area contributed by atoms with Crippen LogP contribution in [0.25, 0.3) is 22.4 Å².